The van der Waals surface area contributed by atoms with E-state index in [9.17, 15) is 0 Å². The van der Waals surface area contributed by atoms with E-state index in [2.05, 4.69) is 43.3 Å². The fourth-order valence-corrected chi connectivity index (χ4v) is 1.42. The minimum Gasteiger partial charge on any atom is -0.356 e. The van der Waals surface area contributed by atoms with Gasteiger partial charge in [-0.1, -0.05) is 27.7 Å². The van der Waals surface area contributed by atoms with Gasteiger partial charge in [-0.05, 0) is 31.1 Å². The number of aliphatic imine (C=N–C) groups is 1. The van der Waals surface area contributed by atoms with Crippen molar-refractivity contribution in [2.75, 3.05) is 20.1 Å². The van der Waals surface area contributed by atoms with Crippen molar-refractivity contribution in [3.05, 3.63) is 0 Å². The molecule has 0 spiro atoms. The molecule has 0 aliphatic heterocycles. The first-order chi connectivity index (χ1) is 7.56. The van der Waals surface area contributed by atoms with Crippen molar-refractivity contribution in [1.82, 2.24) is 10.6 Å². The number of hydrogen-bond acceptors (Lipinski definition) is 1. The Morgan fingerprint density at radius 1 is 0.941 bits per heavy atom. The third-order valence-corrected chi connectivity index (χ3v) is 2.49. The minimum atomic E-state index is 0. The van der Waals surface area contributed by atoms with Crippen LogP contribution in [0.1, 0.15) is 47.0 Å². The second-order valence-corrected chi connectivity index (χ2v) is 5.14. The quantitative estimate of drug-likeness (QED) is 0.318. The summed E-state index contributed by atoms with van der Waals surface area (Å²) in [6, 6.07) is 0. The van der Waals surface area contributed by atoms with Crippen LogP contribution in [0.3, 0.4) is 0 Å². The fourth-order valence-electron chi connectivity index (χ4n) is 1.42. The van der Waals surface area contributed by atoms with Gasteiger partial charge in [-0.2, -0.15) is 0 Å². The molecule has 0 amide bonds. The average molecular weight is 355 g/mol. The molecule has 0 rings (SSSR count). The molecule has 0 radical (unpaired) electrons. The lowest BCUT2D eigenvalue weighted by Gasteiger charge is -2.13. The Kier molecular flexibility index (Phi) is 14.2. The first-order valence-corrected chi connectivity index (χ1v) is 6.50. The molecule has 0 atom stereocenters. The molecular formula is C13H30IN3. The normalized spacial score (nSPS) is 11.6. The third-order valence-electron chi connectivity index (χ3n) is 2.49. The van der Waals surface area contributed by atoms with Gasteiger partial charge in [-0.3, -0.25) is 4.99 Å². The van der Waals surface area contributed by atoms with Crippen molar-refractivity contribution in [2.24, 2.45) is 16.8 Å². The summed E-state index contributed by atoms with van der Waals surface area (Å²) in [5.41, 5.74) is 0. The second-order valence-electron chi connectivity index (χ2n) is 5.14. The van der Waals surface area contributed by atoms with Crippen molar-refractivity contribution in [2.45, 2.75) is 47.0 Å². The average Bonchev–Trinajstić information content (AvgIpc) is 2.20. The highest BCUT2D eigenvalue weighted by Gasteiger charge is 1.99. The number of nitrogens with one attached hydrogen (secondary N) is 2. The SMILES string of the molecule is CN=C(NCCCC(C)C)NCCC(C)C.I. The van der Waals surface area contributed by atoms with Crippen molar-refractivity contribution < 1.29 is 0 Å². The molecular weight excluding hydrogens is 325 g/mol. The molecule has 0 saturated heterocycles. The van der Waals surface area contributed by atoms with Gasteiger partial charge >= 0.3 is 0 Å². The second kappa shape index (κ2) is 12.5. The van der Waals surface area contributed by atoms with E-state index >= 15 is 0 Å². The molecule has 0 aromatic rings. The van der Waals surface area contributed by atoms with Crippen molar-refractivity contribution in [1.29, 1.82) is 0 Å². The molecule has 0 unspecified atom stereocenters. The van der Waals surface area contributed by atoms with Crippen LogP contribution in [-0.2, 0) is 0 Å². The predicted molar refractivity (Wildman–Crippen MR) is 88.3 cm³/mol. The number of guanidine groups is 1. The summed E-state index contributed by atoms with van der Waals surface area (Å²) in [5.74, 6) is 2.47. The van der Waals surface area contributed by atoms with Gasteiger partial charge < -0.3 is 10.6 Å². The number of hydrogen-bond donors (Lipinski definition) is 2. The van der Waals surface area contributed by atoms with E-state index < -0.39 is 0 Å². The van der Waals surface area contributed by atoms with Crippen LogP contribution in [0.2, 0.25) is 0 Å². The van der Waals surface area contributed by atoms with Gasteiger partial charge in [0.2, 0.25) is 0 Å². The molecule has 0 aromatic heterocycles. The lowest BCUT2D eigenvalue weighted by Crippen LogP contribution is -2.38. The van der Waals surface area contributed by atoms with Crippen LogP contribution in [0.5, 0.6) is 0 Å². The van der Waals surface area contributed by atoms with Crippen LogP contribution in [0.15, 0.2) is 4.99 Å². The highest BCUT2D eigenvalue weighted by Crippen LogP contribution is 2.01. The Bertz CT molecular complexity index is 191. The summed E-state index contributed by atoms with van der Waals surface area (Å²) in [6.07, 6.45) is 3.67. The van der Waals surface area contributed by atoms with Gasteiger partial charge in [0.25, 0.3) is 0 Å². The summed E-state index contributed by atoms with van der Waals surface area (Å²) >= 11 is 0. The largest absolute Gasteiger partial charge is 0.356 e. The van der Waals surface area contributed by atoms with E-state index in [1.807, 2.05) is 7.05 Å². The molecule has 4 heteroatoms. The number of rotatable bonds is 7. The molecule has 104 valence electrons. The summed E-state index contributed by atoms with van der Waals surface area (Å²) in [7, 11) is 1.83. The van der Waals surface area contributed by atoms with E-state index in [1.165, 1.54) is 19.3 Å². The first kappa shape index (κ1) is 19.3. The van der Waals surface area contributed by atoms with Crippen LogP contribution in [0.25, 0.3) is 0 Å². The molecule has 17 heavy (non-hydrogen) atoms. The number of halogens is 1. The van der Waals surface area contributed by atoms with E-state index in [-0.39, 0.29) is 24.0 Å². The maximum atomic E-state index is 4.20. The summed E-state index contributed by atoms with van der Waals surface area (Å²) in [5, 5.41) is 6.67. The van der Waals surface area contributed by atoms with Gasteiger partial charge in [0.05, 0.1) is 0 Å². The van der Waals surface area contributed by atoms with Gasteiger partial charge in [0, 0.05) is 20.1 Å². The van der Waals surface area contributed by atoms with Crippen LogP contribution in [0.4, 0.5) is 0 Å². The third kappa shape index (κ3) is 13.9. The van der Waals surface area contributed by atoms with Crippen LogP contribution in [0, 0.1) is 11.8 Å². The molecule has 0 bridgehead atoms. The smallest absolute Gasteiger partial charge is 0.190 e. The zero-order valence-electron chi connectivity index (χ0n) is 12.0. The standard InChI is InChI=1S/C13H29N3.HI/c1-11(2)7-6-9-15-13(14-5)16-10-8-12(3)4;/h11-12H,6-10H2,1-5H3,(H2,14,15,16);1H. The lowest BCUT2D eigenvalue weighted by atomic mass is 10.1. The van der Waals surface area contributed by atoms with E-state index in [1.54, 1.807) is 0 Å². The Morgan fingerprint density at radius 2 is 1.47 bits per heavy atom. The minimum absolute atomic E-state index is 0. The number of nitrogens with zero attached hydrogens (tertiary/aromatic N) is 1. The van der Waals surface area contributed by atoms with Gasteiger partial charge in [-0.25, -0.2) is 0 Å². The Morgan fingerprint density at radius 3 is 1.94 bits per heavy atom. The topological polar surface area (TPSA) is 36.4 Å². The molecule has 2 N–H and O–H groups in total. The van der Waals surface area contributed by atoms with Crippen LogP contribution in [-0.4, -0.2) is 26.1 Å². The van der Waals surface area contributed by atoms with Crippen LogP contribution < -0.4 is 10.6 Å². The maximum Gasteiger partial charge on any atom is 0.190 e. The van der Waals surface area contributed by atoms with Gasteiger partial charge in [0.15, 0.2) is 5.96 Å². The maximum absolute atomic E-state index is 4.20. The summed E-state index contributed by atoms with van der Waals surface area (Å²) in [4.78, 5) is 4.20. The molecule has 0 aliphatic carbocycles. The predicted octanol–water partition coefficient (Wildman–Crippen LogP) is 3.25. The molecule has 0 fully saturated rings. The molecule has 0 saturated carbocycles. The summed E-state index contributed by atoms with van der Waals surface area (Å²) < 4.78 is 0. The highest BCUT2D eigenvalue weighted by atomic mass is 127. The Labute approximate surface area is 124 Å². The zero-order valence-corrected chi connectivity index (χ0v) is 14.4. The fraction of sp³-hybridized carbons (Fsp3) is 0.923. The Hall–Kier alpha value is 0. The molecule has 3 nitrogen and oxygen atoms in total. The van der Waals surface area contributed by atoms with E-state index in [4.69, 9.17) is 0 Å². The first-order valence-electron chi connectivity index (χ1n) is 6.50. The monoisotopic (exact) mass is 355 g/mol. The summed E-state index contributed by atoms with van der Waals surface area (Å²) in [6.45, 7) is 11.0. The zero-order chi connectivity index (χ0) is 12.4. The molecule has 0 aliphatic rings. The van der Waals surface area contributed by atoms with Gasteiger partial charge in [-0.15, -0.1) is 24.0 Å². The highest BCUT2D eigenvalue weighted by molar-refractivity contribution is 14.0. The van der Waals surface area contributed by atoms with Gasteiger partial charge in [0.1, 0.15) is 0 Å². The molecule has 0 aromatic carbocycles. The lowest BCUT2D eigenvalue weighted by molar-refractivity contribution is 0.545. The molecule has 0 heterocycles. The van der Waals surface area contributed by atoms with Crippen molar-refractivity contribution >= 4 is 29.9 Å². The van der Waals surface area contributed by atoms with Crippen LogP contribution >= 0.6 is 24.0 Å². The Balaban J connectivity index is 0. The van der Waals surface area contributed by atoms with E-state index in [0.29, 0.717) is 0 Å². The van der Waals surface area contributed by atoms with Crippen molar-refractivity contribution in [3.8, 4) is 0 Å². The van der Waals surface area contributed by atoms with Crippen molar-refractivity contribution in [3.63, 3.8) is 0 Å². The van der Waals surface area contributed by atoms with E-state index in [0.717, 1.165) is 30.9 Å².